The summed E-state index contributed by atoms with van der Waals surface area (Å²) < 4.78 is 35.1. The number of hydrogen-bond donors (Lipinski definition) is 1. The average Bonchev–Trinajstić information content (AvgIpc) is 2.14. The van der Waals surface area contributed by atoms with Crippen LogP contribution in [0.15, 0.2) is 23.1 Å². The van der Waals surface area contributed by atoms with E-state index >= 15 is 0 Å². The predicted molar refractivity (Wildman–Crippen MR) is 57.2 cm³/mol. The molecule has 0 aliphatic carbocycles. The highest BCUT2D eigenvalue weighted by molar-refractivity contribution is 6.67. The molecular formula is C8H5Cl3F3NO2. The first-order valence-corrected chi connectivity index (χ1v) is 5.21. The van der Waals surface area contributed by atoms with Crippen molar-refractivity contribution >= 4 is 34.8 Å². The topological polar surface area (TPSA) is 42.2 Å². The molecule has 0 unspecified atom stereocenters. The minimum Gasteiger partial charge on any atom is -0.369 e. The molecule has 0 aliphatic rings. The highest BCUT2D eigenvalue weighted by Gasteiger charge is 2.36. The van der Waals surface area contributed by atoms with Crippen molar-refractivity contribution in [1.82, 2.24) is 4.57 Å². The molecule has 0 saturated heterocycles. The van der Waals surface area contributed by atoms with Gasteiger partial charge in [0.1, 0.15) is 0 Å². The van der Waals surface area contributed by atoms with Crippen LogP contribution in [0.5, 0.6) is 0 Å². The van der Waals surface area contributed by atoms with Gasteiger partial charge in [-0.1, -0.05) is 34.8 Å². The largest absolute Gasteiger partial charge is 0.417 e. The molecular weight excluding hydrogens is 305 g/mol. The van der Waals surface area contributed by atoms with Gasteiger partial charge in [-0.15, -0.1) is 0 Å². The van der Waals surface area contributed by atoms with E-state index in [4.69, 9.17) is 34.8 Å². The number of aliphatic hydroxyl groups excluding tert-OH is 1. The monoisotopic (exact) mass is 309 g/mol. The van der Waals surface area contributed by atoms with Gasteiger partial charge >= 0.3 is 6.18 Å². The zero-order chi connectivity index (χ0) is 13.4. The van der Waals surface area contributed by atoms with Crippen molar-refractivity contribution in [2.75, 3.05) is 0 Å². The van der Waals surface area contributed by atoms with Crippen LogP contribution >= 0.6 is 34.8 Å². The summed E-state index contributed by atoms with van der Waals surface area (Å²) in [4.78, 5) is 11.2. The molecule has 96 valence electrons. The van der Waals surface area contributed by atoms with Crippen LogP contribution < -0.4 is 5.56 Å². The summed E-state index contributed by atoms with van der Waals surface area (Å²) in [5.41, 5.74) is -2.05. The molecule has 3 nitrogen and oxygen atoms in total. The van der Waals surface area contributed by atoms with Crippen LogP contribution in [0.3, 0.4) is 0 Å². The Balaban J connectivity index is 3.30. The molecule has 0 aliphatic heterocycles. The molecule has 0 amide bonds. The summed E-state index contributed by atoms with van der Waals surface area (Å²) in [5, 5.41) is 9.43. The Morgan fingerprint density at radius 1 is 1.24 bits per heavy atom. The summed E-state index contributed by atoms with van der Waals surface area (Å²) in [6.45, 7) is 0. The van der Waals surface area contributed by atoms with Gasteiger partial charge in [0.2, 0.25) is 3.79 Å². The van der Waals surface area contributed by atoms with Crippen LogP contribution in [0.2, 0.25) is 0 Å². The third-order valence-electron chi connectivity index (χ3n) is 1.82. The number of nitrogens with zero attached hydrogens (tertiary/aromatic N) is 1. The lowest BCUT2D eigenvalue weighted by atomic mass is 10.2. The van der Waals surface area contributed by atoms with E-state index in [1.165, 1.54) is 0 Å². The molecule has 1 rings (SSSR count). The average molecular weight is 310 g/mol. The number of aliphatic hydroxyl groups is 1. The lowest BCUT2D eigenvalue weighted by Crippen LogP contribution is -2.32. The highest BCUT2D eigenvalue weighted by Crippen LogP contribution is 2.36. The smallest absolute Gasteiger partial charge is 0.369 e. The fourth-order valence-corrected chi connectivity index (χ4v) is 1.34. The summed E-state index contributed by atoms with van der Waals surface area (Å²) >= 11 is 15.9. The number of rotatable bonds is 1. The van der Waals surface area contributed by atoms with Crippen LogP contribution in [-0.2, 0) is 6.18 Å². The normalized spacial score (nSPS) is 14.8. The van der Waals surface area contributed by atoms with Crippen LogP contribution in [0, 0.1) is 0 Å². The molecule has 1 aromatic rings. The van der Waals surface area contributed by atoms with Gasteiger partial charge in [0.05, 0.1) is 5.56 Å². The van der Waals surface area contributed by atoms with E-state index in [-0.39, 0.29) is 0 Å². The van der Waals surface area contributed by atoms with Crippen molar-refractivity contribution < 1.29 is 18.3 Å². The van der Waals surface area contributed by atoms with Gasteiger partial charge in [-0.25, -0.2) is 0 Å². The maximum Gasteiger partial charge on any atom is 0.417 e. The molecule has 0 saturated carbocycles. The molecule has 0 fully saturated rings. The van der Waals surface area contributed by atoms with Gasteiger partial charge in [-0.05, 0) is 6.07 Å². The summed E-state index contributed by atoms with van der Waals surface area (Å²) in [6.07, 6.45) is -6.29. The third-order valence-corrected chi connectivity index (χ3v) is 2.41. The first kappa shape index (κ1) is 14.6. The SMILES string of the molecule is O=c1ccc(C(F)(F)F)cn1[C@@H](O)C(Cl)(Cl)Cl. The van der Waals surface area contributed by atoms with Gasteiger partial charge in [0, 0.05) is 12.3 Å². The van der Waals surface area contributed by atoms with Gasteiger partial charge in [-0.2, -0.15) is 13.2 Å². The van der Waals surface area contributed by atoms with Crippen LogP contribution in [0.1, 0.15) is 11.8 Å². The second-order valence-electron chi connectivity index (χ2n) is 3.08. The van der Waals surface area contributed by atoms with Gasteiger partial charge in [0.15, 0.2) is 6.23 Å². The molecule has 0 bridgehead atoms. The maximum absolute atomic E-state index is 12.4. The van der Waals surface area contributed by atoms with Crippen LogP contribution in [0.4, 0.5) is 13.2 Å². The summed E-state index contributed by atoms with van der Waals surface area (Å²) in [5.74, 6) is 0. The van der Waals surface area contributed by atoms with Gasteiger partial charge in [0.25, 0.3) is 5.56 Å². The van der Waals surface area contributed by atoms with Crippen molar-refractivity contribution in [1.29, 1.82) is 0 Å². The van der Waals surface area contributed by atoms with Crippen LogP contribution in [-0.4, -0.2) is 13.5 Å². The molecule has 1 N–H and O–H groups in total. The van der Waals surface area contributed by atoms with E-state index in [1.54, 1.807) is 0 Å². The van der Waals surface area contributed by atoms with Crippen molar-refractivity contribution in [2.24, 2.45) is 0 Å². The fourth-order valence-electron chi connectivity index (χ4n) is 1.02. The van der Waals surface area contributed by atoms with Crippen molar-refractivity contribution in [3.63, 3.8) is 0 Å². The zero-order valence-corrected chi connectivity index (χ0v) is 10.1. The van der Waals surface area contributed by atoms with Crippen molar-refractivity contribution in [2.45, 2.75) is 16.2 Å². The first-order valence-electron chi connectivity index (χ1n) is 4.07. The maximum atomic E-state index is 12.4. The molecule has 1 aromatic heterocycles. The zero-order valence-electron chi connectivity index (χ0n) is 7.88. The number of hydrogen-bond acceptors (Lipinski definition) is 2. The molecule has 1 heterocycles. The predicted octanol–water partition coefficient (Wildman–Crippen LogP) is 2.73. The van der Waals surface area contributed by atoms with E-state index in [1.807, 2.05) is 0 Å². The molecule has 1 atom stereocenters. The lowest BCUT2D eigenvalue weighted by molar-refractivity contribution is -0.138. The quantitative estimate of drug-likeness (QED) is 0.811. The second kappa shape index (κ2) is 4.68. The first-order chi connectivity index (χ1) is 7.53. The number of alkyl halides is 6. The van der Waals surface area contributed by atoms with Gasteiger partial charge < -0.3 is 5.11 Å². The lowest BCUT2D eigenvalue weighted by Gasteiger charge is -2.21. The highest BCUT2D eigenvalue weighted by atomic mass is 35.6. The number of halogens is 6. The summed E-state index contributed by atoms with van der Waals surface area (Å²) in [6, 6.07) is 1.20. The molecule has 0 spiro atoms. The minimum absolute atomic E-state index is 0.301. The third kappa shape index (κ3) is 3.51. The Morgan fingerprint density at radius 2 is 1.76 bits per heavy atom. The van der Waals surface area contributed by atoms with Crippen LogP contribution in [0.25, 0.3) is 0 Å². The van der Waals surface area contributed by atoms with E-state index in [0.29, 0.717) is 22.9 Å². The van der Waals surface area contributed by atoms with E-state index in [9.17, 15) is 23.1 Å². The Morgan fingerprint density at radius 3 is 2.18 bits per heavy atom. The summed E-state index contributed by atoms with van der Waals surface area (Å²) in [7, 11) is 0. The minimum atomic E-state index is -4.66. The van der Waals surface area contributed by atoms with E-state index in [0.717, 1.165) is 0 Å². The molecule has 0 radical (unpaired) electrons. The molecule has 0 aromatic carbocycles. The standard InChI is InChI=1S/C8H5Cl3F3NO2/c9-7(10,11)6(17)15-3-4(8(12,13)14)1-2-5(15)16/h1-3,6,17H/t6-/m0/s1. The molecule has 9 heteroatoms. The van der Waals surface area contributed by atoms with E-state index in [2.05, 4.69) is 0 Å². The van der Waals surface area contributed by atoms with Crippen molar-refractivity contribution in [3.05, 3.63) is 34.2 Å². The fraction of sp³-hybridized carbons (Fsp3) is 0.375. The Hall–Kier alpha value is -0.430. The van der Waals surface area contributed by atoms with E-state index < -0.39 is 27.3 Å². The Kier molecular flexibility index (Phi) is 4.03. The molecule has 17 heavy (non-hydrogen) atoms. The Labute approximate surface area is 108 Å². The number of aromatic nitrogens is 1. The second-order valence-corrected chi connectivity index (χ2v) is 5.45. The van der Waals surface area contributed by atoms with Gasteiger partial charge in [-0.3, -0.25) is 9.36 Å². The number of pyridine rings is 1. The van der Waals surface area contributed by atoms with Crippen molar-refractivity contribution in [3.8, 4) is 0 Å². The Bertz CT molecular complexity index is 466.